The van der Waals surface area contributed by atoms with Crippen molar-refractivity contribution in [1.82, 2.24) is 19.4 Å². The zero-order chi connectivity index (χ0) is 17.5. The lowest BCUT2D eigenvalue weighted by molar-refractivity contribution is 0.129. The van der Waals surface area contributed by atoms with E-state index in [0.29, 0.717) is 12.0 Å². The first-order chi connectivity index (χ1) is 12.8. The first-order valence-electron chi connectivity index (χ1n) is 9.48. The Morgan fingerprint density at radius 3 is 2.92 bits per heavy atom. The number of aromatic amines is 1. The SMILES string of the molecule is C[C@@H]1CCN(Cc2ccccc2)C[C@@H]1n1ccc2cnc3[nH]ccc3c21. The van der Waals surface area contributed by atoms with Crippen molar-refractivity contribution in [3.63, 3.8) is 0 Å². The Hall–Kier alpha value is -2.59. The third-order valence-electron chi connectivity index (χ3n) is 5.87. The first-order valence-corrected chi connectivity index (χ1v) is 9.48. The zero-order valence-corrected chi connectivity index (χ0v) is 15.1. The fourth-order valence-corrected chi connectivity index (χ4v) is 4.39. The molecule has 3 aromatic heterocycles. The second-order valence-corrected chi connectivity index (χ2v) is 7.58. The molecule has 0 amide bonds. The van der Waals surface area contributed by atoms with Crippen LogP contribution >= 0.6 is 0 Å². The Kier molecular flexibility index (Phi) is 3.79. The molecule has 4 nitrogen and oxygen atoms in total. The number of aromatic nitrogens is 3. The largest absolute Gasteiger partial charge is 0.346 e. The maximum atomic E-state index is 4.54. The summed E-state index contributed by atoms with van der Waals surface area (Å²) >= 11 is 0. The standard InChI is InChI=1S/C22H24N4/c1-16-8-11-25(14-17-5-3-2-4-6-17)15-20(16)26-12-9-18-13-24-22-19(21(18)26)7-10-23-22/h2-7,9-10,12-13,16,20H,8,11,14-15H2,1H3,(H,23,24)/t16-,20+/m1/s1. The topological polar surface area (TPSA) is 36.9 Å². The molecule has 2 atom stereocenters. The van der Waals surface area contributed by atoms with Gasteiger partial charge in [-0.25, -0.2) is 4.98 Å². The molecule has 0 saturated carbocycles. The van der Waals surface area contributed by atoms with Gasteiger partial charge in [0.15, 0.2) is 0 Å². The smallest absolute Gasteiger partial charge is 0.139 e. The average Bonchev–Trinajstić information content (AvgIpc) is 3.30. The van der Waals surface area contributed by atoms with Gasteiger partial charge in [-0.3, -0.25) is 4.90 Å². The number of rotatable bonds is 3. The average molecular weight is 344 g/mol. The molecule has 4 heteroatoms. The minimum absolute atomic E-state index is 0.491. The molecule has 1 N–H and O–H groups in total. The van der Waals surface area contributed by atoms with Crippen LogP contribution in [0, 0.1) is 5.92 Å². The highest BCUT2D eigenvalue weighted by atomic mass is 15.2. The van der Waals surface area contributed by atoms with Crippen molar-refractivity contribution >= 4 is 21.9 Å². The zero-order valence-electron chi connectivity index (χ0n) is 15.1. The van der Waals surface area contributed by atoms with Crippen LogP contribution < -0.4 is 0 Å². The van der Waals surface area contributed by atoms with Crippen LogP contribution in [0.15, 0.2) is 61.1 Å². The molecule has 1 aromatic carbocycles. The van der Waals surface area contributed by atoms with Crippen molar-refractivity contribution in [3.8, 4) is 0 Å². The molecule has 26 heavy (non-hydrogen) atoms. The predicted molar refractivity (Wildman–Crippen MR) is 106 cm³/mol. The second-order valence-electron chi connectivity index (χ2n) is 7.58. The van der Waals surface area contributed by atoms with E-state index in [9.17, 15) is 0 Å². The number of benzene rings is 1. The number of hydrogen-bond acceptors (Lipinski definition) is 2. The van der Waals surface area contributed by atoms with Gasteiger partial charge >= 0.3 is 0 Å². The molecule has 1 aliphatic heterocycles. The molecular weight excluding hydrogens is 320 g/mol. The fraction of sp³-hybridized carbons (Fsp3) is 0.318. The summed E-state index contributed by atoms with van der Waals surface area (Å²) in [6.07, 6.45) is 7.46. The molecule has 1 fully saturated rings. The van der Waals surface area contributed by atoms with Crippen LogP contribution in [0.25, 0.3) is 21.9 Å². The molecule has 132 valence electrons. The van der Waals surface area contributed by atoms with Gasteiger partial charge in [0.05, 0.1) is 5.52 Å². The van der Waals surface area contributed by atoms with Crippen LogP contribution in [-0.4, -0.2) is 32.5 Å². The predicted octanol–water partition coefficient (Wildman–Crippen LogP) is 4.60. The van der Waals surface area contributed by atoms with Crippen LogP contribution in [0.1, 0.15) is 24.9 Å². The lowest BCUT2D eigenvalue weighted by atomic mass is 9.92. The molecule has 0 radical (unpaired) electrons. The van der Waals surface area contributed by atoms with Crippen LogP contribution in [0.4, 0.5) is 0 Å². The number of pyridine rings is 1. The summed E-state index contributed by atoms with van der Waals surface area (Å²) in [7, 11) is 0. The monoisotopic (exact) mass is 344 g/mol. The summed E-state index contributed by atoms with van der Waals surface area (Å²) in [5.41, 5.74) is 3.69. The van der Waals surface area contributed by atoms with E-state index in [2.05, 4.69) is 75.0 Å². The summed E-state index contributed by atoms with van der Waals surface area (Å²) in [5, 5.41) is 2.45. The van der Waals surface area contributed by atoms with Crippen molar-refractivity contribution < 1.29 is 0 Å². The lowest BCUT2D eigenvalue weighted by Crippen LogP contribution is -2.40. The Bertz CT molecular complexity index is 1030. The van der Waals surface area contributed by atoms with E-state index >= 15 is 0 Å². The summed E-state index contributed by atoms with van der Waals surface area (Å²) in [4.78, 5) is 10.4. The number of likely N-dealkylation sites (tertiary alicyclic amines) is 1. The maximum absolute atomic E-state index is 4.54. The van der Waals surface area contributed by atoms with E-state index < -0.39 is 0 Å². The van der Waals surface area contributed by atoms with Gasteiger partial charge in [0.25, 0.3) is 0 Å². The second kappa shape index (κ2) is 6.29. The number of nitrogens with one attached hydrogen (secondary N) is 1. The first kappa shape index (κ1) is 15.6. The van der Waals surface area contributed by atoms with E-state index in [0.717, 1.165) is 18.7 Å². The van der Waals surface area contributed by atoms with Crippen LogP contribution in [0.2, 0.25) is 0 Å². The summed E-state index contributed by atoms with van der Waals surface area (Å²) in [6, 6.07) is 15.7. The minimum Gasteiger partial charge on any atom is -0.346 e. The Morgan fingerprint density at radius 2 is 2.04 bits per heavy atom. The minimum atomic E-state index is 0.491. The van der Waals surface area contributed by atoms with Gasteiger partial charge in [-0.15, -0.1) is 0 Å². The normalized spacial score (nSPS) is 21.6. The highest BCUT2D eigenvalue weighted by Gasteiger charge is 2.28. The van der Waals surface area contributed by atoms with Crippen molar-refractivity contribution in [3.05, 3.63) is 66.6 Å². The Morgan fingerprint density at radius 1 is 1.15 bits per heavy atom. The van der Waals surface area contributed by atoms with E-state index in [-0.39, 0.29) is 0 Å². The third-order valence-corrected chi connectivity index (χ3v) is 5.87. The number of fused-ring (bicyclic) bond motifs is 3. The quantitative estimate of drug-likeness (QED) is 0.590. The fourth-order valence-electron chi connectivity index (χ4n) is 4.39. The van der Waals surface area contributed by atoms with Crippen LogP contribution in [0.5, 0.6) is 0 Å². The van der Waals surface area contributed by atoms with Gasteiger partial charge < -0.3 is 9.55 Å². The van der Waals surface area contributed by atoms with Crippen molar-refractivity contribution in [2.45, 2.75) is 25.9 Å². The van der Waals surface area contributed by atoms with E-state index in [1.54, 1.807) is 0 Å². The maximum Gasteiger partial charge on any atom is 0.139 e. The Labute approximate surface area is 153 Å². The van der Waals surface area contributed by atoms with Gasteiger partial charge in [-0.2, -0.15) is 0 Å². The van der Waals surface area contributed by atoms with E-state index in [1.165, 1.54) is 34.8 Å². The molecule has 4 heterocycles. The molecule has 0 bridgehead atoms. The Balaban J connectivity index is 1.50. The van der Waals surface area contributed by atoms with Crippen molar-refractivity contribution in [1.29, 1.82) is 0 Å². The van der Waals surface area contributed by atoms with Crippen LogP contribution in [-0.2, 0) is 6.54 Å². The number of nitrogens with zero attached hydrogens (tertiary/aromatic N) is 3. The molecule has 5 rings (SSSR count). The lowest BCUT2D eigenvalue weighted by Gasteiger charge is -2.38. The van der Waals surface area contributed by atoms with Crippen molar-refractivity contribution in [2.75, 3.05) is 13.1 Å². The molecule has 1 saturated heterocycles. The highest BCUT2D eigenvalue weighted by Crippen LogP contribution is 2.34. The summed E-state index contributed by atoms with van der Waals surface area (Å²) in [5.74, 6) is 0.666. The summed E-state index contributed by atoms with van der Waals surface area (Å²) < 4.78 is 2.50. The van der Waals surface area contributed by atoms with Gasteiger partial charge in [0.1, 0.15) is 5.65 Å². The van der Waals surface area contributed by atoms with Crippen LogP contribution in [0.3, 0.4) is 0 Å². The van der Waals surface area contributed by atoms with E-state index in [1.807, 2.05) is 12.4 Å². The molecular formula is C22H24N4. The van der Waals surface area contributed by atoms with E-state index in [4.69, 9.17) is 0 Å². The molecule has 0 aliphatic carbocycles. The van der Waals surface area contributed by atoms with Gasteiger partial charge in [-0.1, -0.05) is 37.3 Å². The number of piperidine rings is 1. The third kappa shape index (κ3) is 2.61. The molecule has 1 aliphatic rings. The molecule has 0 spiro atoms. The van der Waals surface area contributed by atoms with Gasteiger partial charge in [0, 0.05) is 48.5 Å². The van der Waals surface area contributed by atoms with Crippen molar-refractivity contribution in [2.24, 2.45) is 5.92 Å². The molecule has 4 aromatic rings. The van der Waals surface area contributed by atoms with Gasteiger partial charge in [-0.05, 0) is 36.6 Å². The van der Waals surface area contributed by atoms with Gasteiger partial charge in [0.2, 0.25) is 0 Å². The highest BCUT2D eigenvalue weighted by molar-refractivity contribution is 6.02. The number of H-pyrrole nitrogens is 1. The number of hydrogen-bond donors (Lipinski definition) is 1. The molecule has 0 unspecified atom stereocenters. The summed E-state index contributed by atoms with van der Waals surface area (Å²) in [6.45, 7) is 5.69.